The molecule has 11 nitrogen and oxygen atoms in total. The number of phenolic OH excluding ortho intramolecular Hbond substituents is 1. The van der Waals surface area contributed by atoms with Crippen LogP contribution in [0.3, 0.4) is 0 Å². The van der Waals surface area contributed by atoms with Gasteiger partial charge in [0.25, 0.3) is 11.8 Å². The highest BCUT2D eigenvalue weighted by molar-refractivity contribution is 5.95. The second-order valence-corrected chi connectivity index (χ2v) is 8.50. The smallest absolute Gasteiger partial charge is 0.321 e. The minimum absolute atomic E-state index is 0.0334. The van der Waals surface area contributed by atoms with Gasteiger partial charge >= 0.3 is 5.97 Å². The molecule has 2 aromatic carbocycles. The Morgan fingerprint density at radius 1 is 1.18 bits per heavy atom. The summed E-state index contributed by atoms with van der Waals surface area (Å²) >= 11 is 0. The summed E-state index contributed by atoms with van der Waals surface area (Å²) in [6.45, 7) is 2.29. The summed E-state index contributed by atoms with van der Waals surface area (Å²) in [4.78, 5) is 25.8. The number of nitrogens with zero attached hydrogens (tertiary/aromatic N) is 2. The Bertz CT molecular complexity index is 1340. The highest BCUT2D eigenvalue weighted by atomic mass is 19.1. The molecule has 1 amide bonds. The normalized spacial score (nSPS) is 15.2. The van der Waals surface area contributed by atoms with Crippen molar-refractivity contribution in [1.29, 1.82) is 5.41 Å². The maximum Gasteiger partial charge on any atom is 0.321 e. The van der Waals surface area contributed by atoms with Crippen molar-refractivity contribution in [3.05, 3.63) is 76.7 Å². The van der Waals surface area contributed by atoms with E-state index >= 15 is 8.78 Å². The van der Waals surface area contributed by atoms with Crippen molar-refractivity contribution >= 4 is 17.7 Å². The standard InChI is InChI=1S/C26H29F2N5O6/c1-5-37-20(35)13-31-33-25(38-17-8-6-7-16(11-17)24(36)32(3)4)21(27)14(2)22(28)26(33)39-19-12-15(23(29)30)9-10-18(19)34/h6-12,26,31,34H,5,13H2,1-4H3,(H3,29,30). The molecule has 1 aliphatic rings. The zero-order chi connectivity index (χ0) is 28.9. The van der Waals surface area contributed by atoms with Gasteiger partial charge in [-0.05, 0) is 50.2 Å². The molecule has 0 saturated heterocycles. The van der Waals surface area contributed by atoms with Crippen LogP contribution in [-0.2, 0) is 9.53 Å². The van der Waals surface area contributed by atoms with Gasteiger partial charge in [0.05, 0.1) is 6.61 Å². The molecule has 5 N–H and O–H groups in total. The summed E-state index contributed by atoms with van der Waals surface area (Å²) in [5.74, 6) is -4.86. The predicted octanol–water partition coefficient (Wildman–Crippen LogP) is 2.93. The number of halogens is 2. The van der Waals surface area contributed by atoms with E-state index in [0.717, 1.165) is 11.9 Å². The van der Waals surface area contributed by atoms with E-state index in [0.29, 0.717) is 0 Å². The molecule has 1 atom stereocenters. The highest BCUT2D eigenvalue weighted by Crippen LogP contribution is 2.37. The maximum atomic E-state index is 15.5. The van der Waals surface area contributed by atoms with Crippen LogP contribution in [0.4, 0.5) is 8.78 Å². The number of hydrogen-bond acceptors (Lipinski definition) is 9. The van der Waals surface area contributed by atoms with Gasteiger partial charge in [-0.3, -0.25) is 15.0 Å². The van der Waals surface area contributed by atoms with Crippen molar-refractivity contribution in [3.63, 3.8) is 0 Å². The maximum absolute atomic E-state index is 15.5. The molecule has 208 valence electrons. The fourth-order valence-corrected chi connectivity index (χ4v) is 3.45. The van der Waals surface area contributed by atoms with Crippen LogP contribution in [0.25, 0.3) is 0 Å². The number of amidine groups is 1. The SMILES string of the molecule is CCOC(=O)CNN1C(Oc2cccc(C(=O)N(C)C)c2)=C(F)C(C)=C(F)C1Oc1cc(C(=N)N)ccc1O. The Morgan fingerprint density at radius 2 is 1.90 bits per heavy atom. The first-order chi connectivity index (χ1) is 18.4. The van der Waals surface area contributed by atoms with Crippen molar-refractivity contribution < 1.29 is 37.7 Å². The fourth-order valence-electron chi connectivity index (χ4n) is 3.45. The number of esters is 1. The average Bonchev–Trinajstić information content (AvgIpc) is 2.90. The van der Waals surface area contributed by atoms with Crippen molar-refractivity contribution in [2.75, 3.05) is 27.2 Å². The second kappa shape index (κ2) is 12.3. The van der Waals surface area contributed by atoms with Gasteiger partial charge in [0, 0.05) is 30.8 Å². The van der Waals surface area contributed by atoms with Gasteiger partial charge in [-0.25, -0.2) is 19.2 Å². The van der Waals surface area contributed by atoms with Crippen LogP contribution in [0.5, 0.6) is 17.2 Å². The molecule has 39 heavy (non-hydrogen) atoms. The third-order valence-corrected chi connectivity index (χ3v) is 5.46. The van der Waals surface area contributed by atoms with Gasteiger partial charge in [0.15, 0.2) is 23.2 Å². The number of amides is 1. The van der Waals surface area contributed by atoms with Crippen LogP contribution in [0.2, 0.25) is 0 Å². The summed E-state index contributed by atoms with van der Waals surface area (Å²) in [5.41, 5.74) is 8.02. The lowest BCUT2D eigenvalue weighted by molar-refractivity contribution is -0.144. The molecule has 1 heterocycles. The summed E-state index contributed by atoms with van der Waals surface area (Å²) in [6, 6.07) is 9.64. The molecule has 0 spiro atoms. The number of carbonyl (C=O) groups is 2. The molecular formula is C26H29F2N5O6. The Kier molecular flexibility index (Phi) is 9.09. The lowest BCUT2D eigenvalue weighted by Crippen LogP contribution is -2.53. The lowest BCUT2D eigenvalue weighted by atomic mass is 10.1. The topological polar surface area (TPSA) is 150 Å². The number of phenols is 1. The van der Waals surface area contributed by atoms with Gasteiger partial charge in [0.2, 0.25) is 6.23 Å². The van der Waals surface area contributed by atoms with E-state index in [1.54, 1.807) is 27.1 Å². The van der Waals surface area contributed by atoms with Crippen molar-refractivity contribution in [2.45, 2.75) is 20.1 Å². The van der Waals surface area contributed by atoms with E-state index in [9.17, 15) is 14.7 Å². The molecule has 0 bridgehead atoms. The van der Waals surface area contributed by atoms with Crippen LogP contribution in [0.15, 0.2) is 65.6 Å². The number of aromatic hydroxyl groups is 1. The summed E-state index contributed by atoms with van der Waals surface area (Å²) < 4.78 is 47.3. The molecule has 13 heteroatoms. The molecule has 1 aliphatic heterocycles. The number of hydrogen-bond donors (Lipinski definition) is 4. The summed E-state index contributed by atoms with van der Waals surface area (Å²) in [7, 11) is 3.13. The number of benzene rings is 2. The number of nitrogen functional groups attached to an aromatic ring is 1. The number of allylic oxidation sites excluding steroid dienone is 2. The van der Waals surface area contributed by atoms with Gasteiger partial charge in [0.1, 0.15) is 18.1 Å². The third kappa shape index (κ3) is 6.62. The van der Waals surface area contributed by atoms with Crippen molar-refractivity contribution in [3.8, 4) is 17.2 Å². The largest absolute Gasteiger partial charge is 0.504 e. The first kappa shape index (κ1) is 28.9. The molecule has 3 rings (SSSR count). The molecule has 0 aliphatic carbocycles. The highest BCUT2D eigenvalue weighted by Gasteiger charge is 2.39. The molecule has 0 radical (unpaired) electrons. The number of ether oxygens (including phenoxy) is 3. The quantitative estimate of drug-likeness (QED) is 0.201. The van der Waals surface area contributed by atoms with Crippen molar-refractivity contribution in [2.24, 2.45) is 5.73 Å². The molecule has 0 aromatic heterocycles. The van der Waals surface area contributed by atoms with E-state index in [-0.39, 0.29) is 41.0 Å². The van der Waals surface area contributed by atoms with E-state index in [2.05, 4.69) is 5.43 Å². The second-order valence-electron chi connectivity index (χ2n) is 8.50. The number of nitrogens with one attached hydrogen (secondary N) is 2. The van der Waals surface area contributed by atoms with E-state index in [1.165, 1.54) is 41.3 Å². The fraction of sp³-hybridized carbons (Fsp3) is 0.269. The Hall–Kier alpha value is -4.65. The summed E-state index contributed by atoms with van der Waals surface area (Å²) in [5, 5.41) is 18.7. The number of hydrazine groups is 1. The van der Waals surface area contributed by atoms with Gasteiger partial charge in [-0.1, -0.05) is 6.07 Å². The average molecular weight is 546 g/mol. The zero-order valence-electron chi connectivity index (χ0n) is 21.7. The van der Waals surface area contributed by atoms with Gasteiger partial charge < -0.3 is 30.0 Å². The molecule has 2 aromatic rings. The number of rotatable bonds is 10. The Morgan fingerprint density at radius 3 is 2.54 bits per heavy atom. The van der Waals surface area contributed by atoms with E-state index < -0.39 is 47.6 Å². The van der Waals surface area contributed by atoms with Crippen LogP contribution in [-0.4, -0.2) is 66.2 Å². The number of nitrogens with two attached hydrogens (primary N) is 1. The van der Waals surface area contributed by atoms with Crippen molar-refractivity contribution in [1.82, 2.24) is 15.3 Å². The Labute approximate surface area is 223 Å². The predicted molar refractivity (Wildman–Crippen MR) is 137 cm³/mol. The third-order valence-electron chi connectivity index (χ3n) is 5.46. The lowest BCUT2D eigenvalue weighted by Gasteiger charge is -2.36. The van der Waals surface area contributed by atoms with E-state index in [1.807, 2.05) is 0 Å². The minimum Gasteiger partial charge on any atom is -0.504 e. The van der Waals surface area contributed by atoms with Gasteiger partial charge in [-0.15, -0.1) is 0 Å². The molecule has 0 fully saturated rings. The number of carbonyl (C=O) groups excluding carboxylic acids is 2. The van der Waals surface area contributed by atoms with Gasteiger partial charge in [-0.2, -0.15) is 0 Å². The van der Waals surface area contributed by atoms with Crippen LogP contribution < -0.4 is 20.6 Å². The molecule has 0 saturated carbocycles. The molecule has 1 unspecified atom stereocenters. The Balaban J connectivity index is 2.05. The van der Waals surface area contributed by atoms with E-state index in [4.69, 9.17) is 25.4 Å². The van der Waals surface area contributed by atoms with Crippen LogP contribution in [0.1, 0.15) is 29.8 Å². The monoisotopic (exact) mass is 545 g/mol. The summed E-state index contributed by atoms with van der Waals surface area (Å²) in [6.07, 6.45) is -1.78. The van der Waals surface area contributed by atoms with Crippen LogP contribution in [0, 0.1) is 5.41 Å². The first-order valence-corrected chi connectivity index (χ1v) is 11.7. The minimum atomic E-state index is -1.78. The van der Waals surface area contributed by atoms with Crippen LogP contribution >= 0.6 is 0 Å². The zero-order valence-corrected chi connectivity index (χ0v) is 21.7. The first-order valence-electron chi connectivity index (χ1n) is 11.7. The molecular weight excluding hydrogens is 516 g/mol.